The number of halogens is 2. The highest BCUT2D eigenvalue weighted by molar-refractivity contribution is 14.0. The van der Waals surface area contributed by atoms with Crippen LogP contribution in [0.5, 0.6) is 5.75 Å². The fourth-order valence-corrected chi connectivity index (χ4v) is 2.27. The Morgan fingerprint density at radius 3 is 2.71 bits per heavy atom. The van der Waals surface area contributed by atoms with Crippen molar-refractivity contribution < 1.29 is 13.9 Å². The van der Waals surface area contributed by atoms with Crippen LogP contribution in [0, 0.1) is 5.82 Å². The molecular weight excluding hydrogens is 474 g/mol. The third kappa shape index (κ3) is 7.95. The van der Waals surface area contributed by atoms with Crippen molar-refractivity contribution in [3.8, 4) is 5.75 Å². The van der Waals surface area contributed by atoms with Gasteiger partial charge in [-0.2, -0.15) is 0 Å². The molecular formula is C20H24FIN4O2. The maximum Gasteiger partial charge on any atom is 0.243 e. The average Bonchev–Trinajstić information content (AvgIpc) is 2.67. The van der Waals surface area contributed by atoms with Crippen molar-refractivity contribution in [2.75, 3.05) is 25.5 Å². The molecule has 0 saturated carbocycles. The van der Waals surface area contributed by atoms with Crippen molar-refractivity contribution in [1.29, 1.82) is 0 Å². The summed E-state index contributed by atoms with van der Waals surface area (Å²) in [7, 11) is 1.61. The molecule has 0 unspecified atom stereocenters. The van der Waals surface area contributed by atoms with Crippen LogP contribution in [0.25, 0.3) is 0 Å². The zero-order valence-electron chi connectivity index (χ0n) is 15.6. The normalized spacial score (nSPS) is 10.4. The van der Waals surface area contributed by atoms with E-state index in [4.69, 9.17) is 4.74 Å². The first-order chi connectivity index (χ1) is 13.1. The second kappa shape index (κ2) is 12.7. The van der Waals surface area contributed by atoms with E-state index in [-0.39, 0.29) is 36.4 Å². The van der Waals surface area contributed by atoms with E-state index in [1.54, 1.807) is 19.2 Å². The number of carbonyl (C=O) groups excluding carboxylic acids is 1. The van der Waals surface area contributed by atoms with E-state index >= 15 is 0 Å². The Bertz CT molecular complexity index is 814. The molecule has 0 saturated heterocycles. The Balaban J connectivity index is 0.00000392. The predicted octanol–water partition coefficient (Wildman–Crippen LogP) is 3.31. The van der Waals surface area contributed by atoms with E-state index in [1.807, 2.05) is 24.3 Å². The van der Waals surface area contributed by atoms with Gasteiger partial charge in [-0.15, -0.1) is 24.0 Å². The Kier molecular flexibility index (Phi) is 10.6. The molecule has 0 spiro atoms. The second-order valence-corrected chi connectivity index (χ2v) is 5.55. The molecule has 0 aliphatic carbocycles. The van der Waals surface area contributed by atoms with Crippen molar-refractivity contribution >= 4 is 41.5 Å². The van der Waals surface area contributed by atoms with Gasteiger partial charge in [-0.1, -0.05) is 36.9 Å². The Morgan fingerprint density at radius 2 is 2.00 bits per heavy atom. The lowest BCUT2D eigenvalue weighted by molar-refractivity contribution is -0.115. The lowest BCUT2D eigenvalue weighted by atomic mass is 10.2. The number of ether oxygens (including phenoxy) is 1. The second-order valence-electron chi connectivity index (χ2n) is 5.55. The highest BCUT2D eigenvalue weighted by Crippen LogP contribution is 2.17. The molecule has 0 heterocycles. The molecule has 0 aromatic heterocycles. The standard InChI is InChI=1S/C20H23FN4O2.HI/c1-3-11-27-18-10-5-4-7-15(18)13-23-20(22-2)24-14-19(26)25-17-9-6-8-16(21)12-17;/h3-10,12H,1,11,13-14H2,2H3,(H,25,26)(H2,22,23,24);1H. The zero-order valence-corrected chi connectivity index (χ0v) is 17.9. The molecule has 0 bridgehead atoms. The molecule has 3 N–H and O–H groups in total. The lowest BCUT2D eigenvalue weighted by Gasteiger charge is -2.14. The molecule has 0 atom stereocenters. The topological polar surface area (TPSA) is 74.8 Å². The van der Waals surface area contributed by atoms with Gasteiger partial charge in [-0.05, 0) is 24.3 Å². The highest BCUT2D eigenvalue weighted by Gasteiger charge is 2.07. The minimum atomic E-state index is -0.407. The Morgan fingerprint density at radius 1 is 1.21 bits per heavy atom. The van der Waals surface area contributed by atoms with Gasteiger partial charge in [0.1, 0.15) is 18.2 Å². The minimum absolute atomic E-state index is 0. The van der Waals surface area contributed by atoms with Gasteiger partial charge in [0.25, 0.3) is 0 Å². The number of para-hydroxylation sites is 1. The summed E-state index contributed by atoms with van der Waals surface area (Å²) in [5, 5.41) is 8.65. The van der Waals surface area contributed by atoms with Crippen LogP contribution in [0.4, 0.5) is 10.1 Å². The first-order valence-corrected chi connectivity index (χ1v) is 8.44. The summed E-state index contributed by atoms with van der Waals surface area (Å²) in [6, 6.07) is 13.4. The van der Waals surface area contributed by atoms with E-state index < -0.39 is 5.82 Å². The van der Waals surface area contributed by atoms with Gasteiger partial charge in [0.15, 0.2) is 5.96 Å². The van der Waals surface area contributed by atoms with Crippen LogP contribution in [-0.2, 0) is 11.3 Å². The molecule has 0 aliphatic heterocycles. The number of nitrogens with zero attached hydrogens (tertiary/aromatic N) is 1. The third-order valence-electron chi connectivity index (χ3n) is 3.52. The van der Waals surface area contributed by atoms with Crippen molar-refractivity contribution in [2.45, 2.75) is 6.54 Å². The van der Waals surface area contributed by atoms with E-state index in [9.17, 15) is 9.18 Å². The van der Waals surface area contributed by atoms with Gasteiger partial charge < -0.3 is 20.7 Å². The van der Waals surface area contributed by atoms with Crippen molar-refractivity contribution in [1.82, 2.24) is 10.6 Å². The number of hydrogen-bond donors (Lipinski definition) is 3. The summed E-state index contributed by atoms with van der Waals surface area (Å²) >= 11 is 0. The molecule has 2 rings (SSSR count). The molecule has 8 heteroatoms. The molecule has 0 radical (unpaired) electrons. The number of amides is 1. The summed E-state index contributed by atoms with van der Waals surface area (Å²) < 4.78 is 18.8. The quantitative estimate of drug-likeness (QED) is 0.226. The minimum Gasteiger partial charge on any atom is -0.489 e. The number of guanidine groups is 1. The number of benzene rings is 2. The predicted molar refractivity (Wildman–Crippen MR) is 121 cm³/mol. The average molecular weight is 498 g/mol. The summed E-state index contributed by atoms with van der Waals surface area (Å²) in [6.07, 6.45) is 1.68. The molecule has 0 aliphatic rings. The molecule has 2 aromatic rings. The molecule has 28 heavy (non-hydrogen) atoms. The van der Waals surface area contributed by atoms with E-state index in [2.05, 4.69) is 27.5 Å². The third-order valence-corrected chi connectivity index (χ3v) is 3.52. The van der Waals surface area contributed by atoms with Crippen LogP contribution in [0.2, 0.25) is 0 Å². The smallest absolute Gasteiger partial charge is 0.243 e. The maximum absolute atomic E-state index is 13.1. The van der Waals surface area contributed by atoms with Gasteiger partial charge in [0.05, 0.1) is 6.54 Å². The summed E-state index contributed by atoms with van der Waals surface area (Å²) in [4.78, 5) is 16.1. The van der Waals surface area contributed by atoms with Crippen LogP contribution in [0.3, 0.4) is 0 Å². The van der Waals surface area contributed by atoms with Crippen molar-refractivity contribution in [3.05, 3.63) is 72.6 Å². The van der Waals surface area contributed by atoms with Gasteiger partial charge in [0.2, 0.25) is 5.91 Å². The SMILES string of the molecule is C=CCOc1ccccc1CNC(=NC)NCC(=O)Nc1cccc(F)c1.I. The largest absolute Gasteiger partial charge is 0.489 e. The number of hydrogen-bond acceptors (Lipinski definition) is 3. The van der Waals surface area contributed by atoms with Gasteiger partial charge >= 0.3 is 0 Å². The molecule has 150 valence electrons. The summed E-state index contributed by atoms with van der Waals surface area (Å²) in [5.74, 6) is 0.501. The monoisotopic (exact) mass is 498 g/mol. The van der Waals surface area contributed by atoms with E-state index in [0.717, 1.165) is 11.3 Å². The zero-order chi connectivity index (χ0) is 19.5. The molecule has 6 nitrogen and oxygen atoms in total. The van der Waals surface area contributed by atoms with Gasteiger partial charge in [-0.25, -0.2) is 4.39 Å². The Labute approximate surface area is 181 Å². The van der Waals surface area contributed by atoms with Crippen molar-refractivity contribution in [3.63, 3.8) is 0 Å². The Hall–Kier alpha value is -2.62. The fraction of sp³-hybridized carbons (Fsp3) is 0.200. The number of rotatable bonds is 8. The maximum atomic E-state index is 13.1. The summed E-state index contributed by atoms with van der Waals surface area (Å²) in [6.45, 7) is 4.52. The fourth-order valence-electron chi connectivity index (χ4n) is 2.27. The van der Waals surface area contributed by atoms with Crippen LogP contribution in [0.15, 0.2) is 66.2 Å². The molecule has 2 aromatic carbocycles. The van der Waals surface area contributed by atoms with Crippen molar-refractivity contribution in [2.24, 2.45) is 4.99 Å². The lowest BCUT2D eigenvalue weighted by Crippen LogP contribution is -2.41. The molecule has 1 amide bonds. The number of aliphatic imine (C=N–C) groups is 1. The van der Waals surface area contributed by atoms with E-state index in [1.165, 1.54) is 18.2 Å². The number of carbonyl (C=O) groups is 1. The van der Waals surface area contributed by atoms with E-state index in [0.29, 0.717) is 24.8 Å². The highest BCUT2D eigenvalue weighted by atomic mass is 127. The van der Waals surface area contributed by atoms with Crippen LogP contribution in [0.1, 0.15) is 5.56 Å². The van der Waals surface area contributed by atoms with Crippen LogP contribution >= 0.6 is 24.0 Å². The first-order valence-electron chi connectivity index (χ1n) is 8.44. The van der Waals surface area contributed by atoms with Gasteiger partial charge in [0, 0.05) is 24.8 Å². The first kappa shape index (κ1) is 23.4. The number of anilines is 1. The number of nitrogens with one attached hydrogen (secondary N) is 3. The van der Waals surface area contributed by atoms with Crippen LogP contribution < -0.4 is 20.7 Å². The summed E-state index contributed by atoms with van der Waals surface area (Å²) in [5.41, 5.74) is 1.35. The van der Waals surface area contributed by atoms with Gasteiger partial charge in [-0.3, -0.25) is 9.79 Å². The molecule has 0 fully saturated rings. The van der Waals surface area contributed by atoms with Crippen LogP contribution in [-0.4, -0.2) is 32.1 Å².